The van der Waals surface area contributed by atoms with Crippen molar-refractivity contribution >= 4 is 11.9 Å². The van der Waals surface area contributed by atoms with Gasteiger partial charge in [0, 0.05) is 25.0 Å². The molecule has 24 heavy (non-hydrogen) atoms. The summed E-state index contributed by atoms with van der Waals surface area (Å²) in [6.07, 6.45) is 2.16. The Labute approximate surface area is 139 Å². The van der Waals surface area contributed by atoms with Gasteiger partial charge < -0.3 is 21.1 Å². The second kappa shape index (κ2) is 6.76. The highest BCUT2D eigenvalue weighted by atomic mass is 19.1. The minimum absolute atomic E-state index is 0.00408. The zero-order valence-corrected chi connectivity index (χ0v) is 13.3. The van der Waals surface area contributed by atoms with E-state index in [0.29, 0.717) is 24.9 Å². The van der Waals surface area contributed by atoms with Crippen molar-refractivity contribution in [1.29, 1.82) is 0 Å². The standard InChI is InChI=1S/C17H22FN3O3/c18-13-3-1-2-11(6-13)12(10-22)9-20-16(24)21-14-7-17(8-14)4-5-19-15(17)23/h1-3,6,12,14,22H,4-5,7-10H2,(H,19,23)(H2,20,21,24). The Balaban J connectivity index is 1.45. The number of amides is 3. The number of halogens is 1. The van der Waals surface area contributed by atoms with Crippen LogP contribution in [-0.4, -0.2) is 42.8 Å². The molecule has 1 saturated carbocycles. The van der Waals surface area contributed by atoms with Crippen LogP contribution < -0.4 is 16.0 Å². The van der Waals surface area contributed by atoms with Crippen LogP contribution in [0.1, 0.15) is 30.7 Å². The number of nitrogens with one attached hydrogen (secondary N) is 3. The third-order valence-corrected chi connectivity index (χ3v) is 5.03. The van der Waals surface area contributed by atoms with E-state index in [4.69, 9.17) is 0 Å². The van der Waals surface area contributed by atoms with Gasteiger partial charge in [0.25, 0.3) is 0 Å². The lowest BCUT2D eigenvalue weighted by molar-refractivity contribution is -0.133. The Hall–Kier alpha value is -2.15. The van der Waals surface area contributed by atoms with E-state index in [1.807, 2.05) is 0 Å². The van der Waals surface area contributed by atoms with Crippen LogP contribution in [0.3, 0.4) is 0 Å². The first-order chi connectivity index (χ1) is 11.5. The third kappa shape index (κ3) is 3.36. The minimum Gasteiger partial charge on any atom is -0.396 e. The molecule has 1 atom stereocenters. The van der Waals surface area contributed by atoms with Crippen LogP contribution in [0.25, 0.3) is 0 Å². The van der Waals surface area contributed by atoms with Gasteiger partial charge in [0.1, 0.15) is 5.82 Å². The van der Waals surface area contributed by atoms with E-state index >= 15 is 0 Å². The van der Waals surface area contributed by atoms with Crippen molar-refractivity contribution in [3.05, 3.63) is 35.6 Å². The van der Waals surface area contributed by atoms with Crippen molar-refractivity contribution in [1.82, 2.24) is 16.0 Å². The number of urea groups is 1. The van der Waals surface area contributed by atoms with Gasteiger partial charge in [-0.3, -0.25) is 4.79 Å². The fraction of sp³-hybridized carbons (Fsp3) is 0.529. The highest BCUT2D eigenvalue weighted by molar-refractivity contribution is 5.86. The summed E-state index contributed by atoms with van der Waals surface area (Å²) in [5.41, 5.74) is 0.357. The van der Waals surface area contributed by atoms with Crippen molar-refractivity contribution in [3.63, 3.8) is 0 Å². The van der Waals surface area contributed by atoms with Crippen molar-refractivity contribution in [2.75, 3.05) is 19.7 Å². The molecule has 1 heterocycles. The maximum absolute atomic E-state index is 13.3. The predicted molar refractivity (Wildman–Crippen MR) is 85.8 cm³/mol. The lowest BCUT2D eigenvalue weighted by Gasteiger charge is -2.43. The van der Waals surface area contributed by atoms with Crippen LogP contribution in [0.5, 0.6) is 0 Å². The molecule has 1 spiro atoms. The Morgan fingerprint density at radius 3 is 2.88 bits per heavy atom. The van der Waals surface area contributed by atoms with Crippen LogP contribution in [0.4, 0.5) is 9.18 Å². The Morgan fingerprint density at radius 2 is 2.25 bits per heavy atom. The summed E-state index contributed by atoms with van der Waals surface area (Å²) in [5, 5.41) is 17.8. The molecular weight excluding hydrogens is 313 g/mol. The molecule has 1 aromatic rings. The first kappa shape index (κ1) is 16.7. The first-order valence-electron chi connectivity index (χ1n) is 8.21. The van der Waals surface area contributed by atoms with Gasteiger partial charge in [-0.2, -0.15) is 0 Å². The van der Waals surface area contributed by atoms with E-state index in [2.05, 4.69) is 16.0 Å². The number of aliphatic hydroxyl groups is 1. The third-order valence-electron chi connectivity index (χ3n) is 5.03. The van der Waals surface area contributed by atoms with E-state index in [1.54, 1.807) is 12.1 Å². The highest BCUT2D eigenvalue weighted by Gasteiger charge is 2.52. The molecule has 7 heteroatoms. The largest absolute Gasteiger partial charge is 0.396 e. The van der Waals surface area contributed by atoms with Gasteiger partial charge in [-0.25, -0.2) is 9.18 Å². The second-order valence-corrected chi connectivity index (χ2v) is 6.68. The van der Waals surface area contributed by atoms with Crippen LogP contribution in [-0.2, 0) is 4.79 Å². The molecule has 1 unspecified atom stereocenters. The summed E-state index contributed by atoms with van der Waals surface area (Å²) in [7, 11) is 0. The normalized spacial score (nSPS) is 26.6. The topological polar surface area (TPSA) is 90.5 Å². The summed E-state index contributed by atoms with van der Waals surface area (Å²) >= 11 is 0. The molecule has 130 valence electrons. The van der Waals surface area contributed by atoms with Crippen LogP contribution in [0.15, 0.2) is 24.3 Å². The number of benzene rings is 1. The summed E-state index contributed by atoms with van der Waals surface area (Å²) in [6.45, 7) is 0.740. The van der Waals surface area contributed by atoms with E-state index in [1.165, 1.54) is 12.1 Å². The fourth-order valence-corrected chi connectivity index (χ4v) is 3.59. The molecular formula is C17H22FN3O3. The molecule has 0 radical (unpaired) electrons. The maximum atomic E-state index is 13.3. The average molecular weight is 335 g/mol. The van der Waals surface area contributed by atoms with Crippen LogP contribution in [0.2, 0.25) is 0 Å². The Bertz CT molecular complexity index is 631. The van der Waals surface area contributed by atoms with Gasteiger partial charge >= 0.3 is 6.03 Å². The van der Waals surface area contributed by atoms with Crippen molar-refractivity contribution in [2.45, 2.75) is 31.2 Å². The molecule has 1 saturated heterocycles. The van der Waals surface area contributed by atoms with Gasteiger partial charge in [0.15, 0.2) is 0 Å². The smallest absolute Gasteiger partial charge is 0.315 e. The van der Waals surface area contributed by atoms with Crippen LogP contribution >= 0.6 is 0 Å². The lowest BCUT2D eigenvalue weighted by Crippen LogP contribution is -2.55. The average Bonchev–Trinajstić information content (AvgIpc) is 2.89. The summed E-state index contributed by atoms with van der Waals surface area (Å²) < 4.78 is 13.3. The Morgan fingerprint density at radius 1 is 1.46 bits per heavy atom. The van der Waals surface area contributed by atoms with Crippen LogP contribution in [0, 0.1) is 11.2 Å². The number of hydrogen-bond acceptors (Lipinski definition) is 3. The predicted octanol–water partition coefficient (Wildman–Crippen LogP) is 0.870. The van der Waals surface area contributed by atoms with E-state index in [0.717, 1.165) is 6.42 Å². The number of rotatable bonds is 5. The molecule has 0 aromatic heterocycles. The zero-order chi connectivity index (χ0) is 17.2. The summed E-state index contributed by atoms with van der Waals surface area (Å²) in [6, 6.07) is 5.66. The monoisotopic (exact) mass is 335 g/mol. The van der Waals surface area contributed by atoms with Gasteiger partial charge in [0.05, 0.1) is 12.0 Å². The van der Waals surface area contributed by atoms with Crippen molar-refractivity contribution < 1.29 is 19.1 Å². The van der Waals surface area contributed by atoms with E-state index < -0.39 is 0 Å². The molecule has 3 rings (SSSR count). The summed E-state index contributed by atoms with van der Waals surface area (Å²) in [5.74, 6) is -0.641. The highest BCUT2D eigenvalue weighted by Crippen LogP contribution is 2.46. The molecule has 3 amide bonds. The fourth-order valence-electron chi connectivity index (χ4n) is 3.59. The van der Waals surface area contributed by atoms with E-state index in [9.17, 15) is 19.1 Å². The van der Waals surface area contributed by atoms with Crippen molar-refractivity contribution in [2.24, 2.45) is 5.41 Å². The van der Waals surface area contributed by atoms with Crippen molar-refractivity contribution in [3.8, 4) is 0 Å². The zero-order valence-electron chi connectivity index (χ0n) is 13.3. The molecule has 4 N–H and O–H groups in total. The second-order valence-electron chi connectivity index (χ2n) is 6.68. The maximum Gasteiger partial charge on any atom is 0.315 e. The van der Waals surface area contributed by atoms with E-state index in [-0.39, 0.29) is 48.3 Å². The van der Waals surface area contributed by atoms with Gasteiger partial charge in [0.2, 0.25) is 5.91 Å². The molecule has 6 nitrogen and oxygen atoms in total. The Kier molecular flexibility index (Phi) is 4.71. The van der Waals surface area contributed by atoms with Gasteiger partial charge in [-0.1, -0.05) is 12.1 Å². The SMILES string of the molecule is O=C(NCC(CO)c1cccc(F)c1)NC1CC2(CCNC2=O)C1. The number of carbonyl (C=O) groups is 2. The lowest BCUT2D eigenvalue weighted by atomic mass is 9.64. The molecule has 0 bridgehead atoms. The van der Waals surface area contributed by atoms with Gasteiger partial charge in [-0.15, -0.1) is 0 Å². The quantitative estimate of drug-likeness (QED) is 0.644. The van der Waals surface area contributed by atoms with Gasteiger partial charge in [-0.05, 0) is 37.0 Å². The molecule has 2 fully saturated rings. The number of carbonyl (C=O) groups excluding carboxylic acids is 2. The summed E-state index contributed by atoms with van der Waals surface area (Å²) in [4.78, 5) is 23.7. The molecule has 1 aromatic carbocycles. The minimum atomic E-state index is -0.370. The number of hydrogen-bond donors (Lipinski definition) is 4. The first-order valence-corrected chi connectivity index (χ1v) is 8.21. The molecule has 1 aliphatic heterocycles. The molecule has 2 aliphatic rings. The number of aliphatic hydroxyl groups excluding tert-OH is 1. The molecule has 1 aliphatic carbocycles.